The zero-order chi connectivity index (χ0) is 14.7. The summed E-state index contributed by atoms with van der Waals surface area (Å²) in [6, 6.07) is 14.1. The molecule has 0 bridgehead atoms. The van der Waals surface area contributed by atoms with E-state index in [4.69, 9.17) is 0 Å². The van der Waals surface area contributed by atoms with E-state index in [0.717, 1.165) is 27.8 Å². The minimum Gasteiger partial charge on any atom is -0.481 e. The fourth-order valence-corrected chi connectivity index (χ4v) is 2.54. The number of carboxylic acids is 1. The van der Waals surface area contributed by atoms with E-state index < -0.39 is 11.9 Å². The lowest BCUT2D eigenvalue weighted by Gasteiger charge is -2.16. The molecule has 1 atom stereocenters. The molecule has 2 aromatic rings. The Morgan fingerprint density at radius 3 is 2.40 bits per heavy atom. The number of benzene rings is 2. The Morgan fingerprint density at radius 2 is 1.75 bits per heavy atom. The van der Waals surface area contributed by atoms with Crippen molar-refractivity contribution in [1.29, 1.82) is 0 Å². The average molecular weight is 268 g/mol. The van der Waals surface area contributed by atoms with Crippen molar-refractivity contribution in [2.75, 3.05) is 0 Å². The van der Waals surface area contributed by atoms with Gasteiger partial charge in [-0.15, -0.1) is 0 Å². The molecule has 0 radical (unpaired) electrons. The molecular weight excluding hydrogens is 248 g/mol. The lowest BCUT2D eigenvalue weighted by molar-refractivity contribution is -0.138. The van der Waals surface area contributed by atoms with Gasteiger partial charge < -0.3 is 5.11 Å². The van der Waals surface area contributed by atoms with Crippen molar-refractivity contribution in [3.05, 3.63) is 70.3 Å². The third-order valence-corrected chi connectivity index (χ3v) is 3.63. The van der Waals surface area contributed by atoms with E-state index in [9.17, 15) is 9.90 Å². The monoisotopic (exact) mass is 268 g/mol. The van der Waals surface area contributed by atoms with Crippen LogP contribution >= 0.6 is 0 Å². The molecule has 0 aliphatic heterocycles. The summed E-state index contributed by atoms with van der Waals surface area (Å²) in [6.45, 7) is 5.99. The molecule has 0 aliphatic carbocycles. The first-order valence-corrected chi connectivity index (χ1v) is 6.83. The summed E-state index contributed by atoms with van der Waals surface area (Å²) in [5, 5.41) is 9.57. The highest BCUT2D eigenvalue weighted by Crippen LogP contribution is 2.25. The van der Waals surface area contributed by atoms with Crippen LogP contribution in [-0.2, 0) is 11.2 Å². The van der Waals surface area contributed by atoms with Crippen LogP contribution < -0.4 is 0 Å². The van der Waals surface area contributed by atoms with Crippen molar-refractivity contribution in [3.63, 3.8) is 0 Å². The van der Waals surface area contributed by atoms with Crippen LogP contribution in [0.3, 0.4) is 0 Å². The van der Waals surface area contributed by atoms with Crippen molar-refractivity contribution >= 4 is 5.97 Å². The first kappa shape index (κ1) is 14.3. The molecule has 1 N–H and O–H groups in total. The van der Waals surface area contributed by atoms with Crippen LogP contribution in [0.1, 0.15) is 33.7 Å². The Hall–Kier alpha value is -2.09. The molecule has 0 fully saturated rings. The summed E-state index contributed by atoms with van der Waals surface area (Å²) < 4.78 is 0. The summed E-state index contributed by atoms with van der Waals surface area (Å²) in [5.74, 6) is -1.25. The summed E-state index contributed by atoms with van der Waals surface area (Å²) in [6.07, 6.45) is 0.529. The number of hydrogen-bond donors (Lipinski definition) is 1. The molecule has 104 valence electrons. The second-order valence-corrected chi connectivity index (χ2v) is 5.44. The van der Waals surface area contributed by atoms with Gasteiger partial charge in [0.05, 0.1) is 5.92 Å². The predicted octanol–water partition coefficient (Wildman–Crippen LogP) is 4.02. The van der Waals surface area contributed by atoms with Crippen molar-refractivity contribution in [2.24, 2.45) is 0 Å². The zero-order valence-corrected chi connectivity index (χ0v) is 12.2. The number of rotatable bonds is 4. The molecule has 2 nitrogen and oxygen atoms in total. The lowest BCUT2D eigenvalue weighted by atomic mass is 9.88. The quantitative estimate of drug-likeness (QED) is 0.909. The first-order valence-electron chi connectivity index (χ1n) is 6.83. The van der Waals surface area contributed by atoms with E-state index in [-0.39, 0.29) is 0 Å². The van der Waals surface area contributed by atoms with Gasteiger partial charge in [-0.25, -0.2) is 0 Å². The highest BCUT2D eigenvalue weighted by Gasteiger charge is 2.22. The summed E-state index contributed by atoms with van der Waals surface area (Å²) >= 11 is 0. The molecule has 20 heavy (non-hydrogen) atoms. The third-order valence-electron chi connectivity index (χ3n) is 3.63. The van der Waals surface area contributed by atoms with Crippen LogP contribution in [0, 0.1) is 20.8 Å². The van der Waals surface area contributed by atoms with Gasteiger partial charge in [0, 0.05) is 0 Å². The molecule has 1 unspecified atom stereocenters. The van der Waals surface area contributed by atoms with Gasteiger partial charge in [0.2, 0.25) is 0 Å². The Labute approximate surface area is 120 Å². The number of carboxylic acid groups (broad SMARTS) is 1. The number of aliphatic carboxylic acids is 1. The predicted molar refractivity (Wildman–Crippen MR) is 81.2 cm³/mol. The fourth-order valence-electron chi connectivity index (χ4n) is 2.54. The largest absolute Gasteiger partial charge is 0.481 e. The summed E-state index contributed by atoms with van der Waals surface area (Å²) in [5.41, 5.74) is 5.28. The van der Waals surface area contributed by atoms with Gasteiger partial charge in [0.15, 0.2) is 0 Å². The molecular formula is C18H20O2. The standard InChI is InChI=1S/C18H20O2/c1-12-5-4-6-15(9-12)11-17(18(19)20)16-10-13(2)7-8-14(16)3/h4-10,17H,11H2,1-3H3,(H,19,20). The summed E-state index contributed by atoms with van der Waals surface area (Å²) in [7, 11) is 0. The maximum atomic E-state index is 11.7. The fraction of sp³-hybridized carbons (Fsp3) is 0.278. The Kier molecular flexibility index (Phi) is 4.23. The molecule has 2 heteroatoms. The maximum Gasteiger partial charge on any atom is 0.311 e. The van der Waals surface area contributed by atoms with Crippen LogP contribution in [0.15, 0.2) is 42.5 Å². The third kappa shape index (κ3) is 3.27. The van der Waals surface area contributed by atoms with Crippen molar-refractivity contribution in [3.8, 4) is 0 Å². The van der Waals surface area contributed by atoms with Crippen LogP contribution in [0.25, 0.3) is 0 Å². The Morgan fingerprint density at radius 1 is 1.05 bits per heavy atom. The zero-order valence-electron chi connectivity index (χ0n) is 12.2. The van der Waals surface area contributed by atoms with Crippen LogP contribution in [0.5, 0.6) is 0 Å². The van der Waals surface area contributed by atoms with Crippen LogP contribution in [-0.4, -0.2) is 11.1 Å². The van der Waals surface area contributed by atoms with Gasteiger partial charge in [-0.1, -0.05) is 53.6 Å². The van der Waals surface area contributed by atoms with E-state index in [1.807, 2.05) is 57.2 Å². The minimum absolute atomic E-state index is 0.489. The first-order chi connectivity index (χ1) is 9.47. The van der Waals surface area contributed by atoms with Gasteiger partial charge in [0.25, 0.3) is 0 Å². The second-order valence-electron chi connectivity index (χ2n) is 5.44. The van der Waals surface area contributed by atoms with Gasteiger partial charge in [0.1, 0.15) is 0 Å². The van der Waals surface area contributed by atoms with Crippen LogP contribution in [0.4, 0.5) is 0 Å². The number of hydrogen-bond acceptors (Lipinski definition) is 1. The Bertz CT molecular complexity index is 629. The molecule has 0 amide bonds. The average Bonchev–Trinajstić information content (AvgIpc) is 2.39. The van der Waals surface area contributed by atoms with Crippen molar-refractivity contribution < 1.29 is 9.90 Å². The van der Waals surface area contributed by atoms with E-state index >= 15 is 0 Å². The Balaban J connectivity index is 2.37. The molecule has 0 aromatic heterocycles. The normalized spacial score (nSPS) is 12.2. The topological polar surface area (TPSA) is 37.3 Å². The van der Waals surface area contributed by atoms with Crippen molar-refractivity contribution in [2.45, 2.75) is 33.1 Å². The molecule has 2 aromatic carbocycles. The highest BCUT2D eigenvalue weighted by molar-refractivity contribution is 5.77. The number of aryl methyl sites for hydroxylation is 3. The SMILES string of the molecule is Cc1cccc(CC(C(=O)O)c2cc(C)ccc2C)c1. The van der Waals surface area contributed by atoms with E-state index in [0.29, 0.717) is 6.42 Å². The molecule has 2 rings (SSSR count). The van der Waals surface area contributed by atoms with E-state index in [1.54, 1.807) is 0 Å². The van der Waals surface area contributed by atoms with E-state index in [1.165, 1.54) is 0 Å². The second kappa shape index (κ2) is 5.91. The minimum atomic E-state index is -0.764. The summed E-state index contributed by atoms with van der Waals surface area (Å²) in [4.78, 5) is 11.7. The molecule has 0 saturated carbocycles. The number of carbonyl (C=O) groups is 1. The van der Waals surface area contributed by atoms with Crippen LogP contribution in [0.2, 0.25) is 0 Å². The maximum absolute atomic E-state index is 11.7. The smallest absolute Gasteiger partial charge is 0.311 e. The highest BCUT2D eigenvalue weighted by atomic mass is 16.4. The van der Waals surface area contributed by atoms with Gasteiger partial charge in [-0.05, 0) is 43.9 Å². The lowest BCUT2D eigenvalue weighted by Crippen LogP contribution is -2.16. The van der Waals surface area contributed by atoms with Gasteiger partial charge in [-0.3, -0.25) is 4.79 Å². The molecule has 0 saturated heterocycles. The van der Waals surface area contributed by atoms with Gasteiger partial charge >= 0.3 is 5.97 Å². The van der Waals surface area contributed by atoms with Crippen molar-refractivity contribution in [1.82, 2.24) is 0 Å². The van der Waals surface area contributed by atoms with Gasteiger partial charge in [-0.2, -0.15) is 0 Å². The molecule has 0 spiro atoms. The molecule has 0 heterocycles. The molecule has 0 aliphatic rings. The van der Waals surface area contributed by atoms with E-state index in [2.05, 4.69) is 6.07 Å².